The van der Waals surface area contributed by atoms with Crippen LogP contribution in [0.15, 0.2) is 47.8 Å². The third-order valence-electron chi connectivity index (χ3n) is 5.64. The van der Waals surface area contributed by atoms with Crippen molar-refractivity contribution in [3.8, 4) is 17.6 Å². The number of aryl methyl sites for hydroxylation is 1. The molecule has 176 valence electrons. The minimum atomic E-state index is -3.48. The summed E-state index contributed by atoms with van der Waals surface area (Å²) in [6.45, 7) is 2.64. The van der Waals surface area contributed by atoms with Gasteiger partial charge in [0.05, 0.1) is 22.9 Å². The fraction of sp³-hybridized carbons (Fsp3) is 0.320. The van der Waals surface area contributed by atoms with Crippen LogP contribution in [0.3, 0.4) is 0 Å². The molecule has 0 bridgehead atoms. The molecule has 0 fully saturated rings. The van der Waals surface area contributed by atoms with Crippen molar-refractivity contribution in [3.05, 3.63) is 75.6 Å². The number of ether oxygens (including phenoxy) is 2. The maximum atomic E-state index is 11.7. The molecular formula is C25H24ClN3O4S. The van der Waals surface area contributed by atoms with Crippen LogP contribution in [-0.2, 0) is 22.9 Å². The van der Waals surface area contributed by atoms with E-state index in [1.54, 1.807) is 6.07 Å². The average Bonchev–Trinajstić information content (AvgIpc) is 3.24. The molecule has 0 spiro atoms. The summed E-state index contributed by atoms with van der Waals surface area (Å²) in [5.74, 6) is 1.26. The van der Waals surface area contributed by atoms with Crippen LogP contribution in [0.1, 0.15) is 53.6 Å². The Morgan fingerprint density at radius 1 is 1.21 bits per heavy atom. The molecule has 2 aromatic carbocycles. The number of halogens is 1. The number of sulfone groups is 1. The quantitative estimate of drug-likeness (QED) is 0.410. The smallest absolute Gasteiger partial charge is 0.247 e. The van der Waals surface area contributed by atoms with E-state index in [-0.39, 0.29) is 17.7 Å². The lowest BCUT2D eigenvalue weighted by Gasteiger charge is -2.16. The van der Waals surface area contributed by atoms with Gasteiger partial charge in [-0.1, -0.05) is 24.6 Å². The van der Waals surface area contributed by atoms with E-state index in [2.05, 4.69) is 16.0 Å². The number of benzene rings is 2. The van der Waals surface area contributed by atoms with Gasteiger partial charge in [-0.3, -0.25) is 0 Å². The van der Waals surface area contributed by atoms with Crippen LogP contribution in [0.5, 0.6) is 11.5 Å². The highest BCUT2D eigenvalue weighted by molar-refractivity contribution is 7.90. The minimum Gasteiger partial charge on any atom is -0.491 e. The van der Waals surface area contributed by atoms with Crippen molar-refractivity contribution in [2.24, 2.45) is 0 Å². The van der Waals surface area contributed by atoms with Gasteiger partial charge in [-0.15, -0.1) is 0 Å². The lowest BCUT2D eigenvalue weighted by molar-refractivity contribution is 0.299. The minimum absolute atomic E-state index is 0.132. The van der Waals surface area contributed by atoms with E-state index >= 15 is 0 Å². The van der Waals surface area contributed by atoms with E-state index in [1.165, 1.54) is 17.3 Å². The van der Waals surface area contributed by atoms with Gasteiger partial charge in [0.25, 0.3) is 0 Å². The van der Waals surface area contributed by atoms with Crippen molar-refractivity contribution in [2.45, 2.75) is 43.9 Å². The molecule has 7 nitrogen and oxygen atoms in total. The second kappa shape index (κ2) is 10.00. The zero-order chi connectivity index (χ0) is 24.3. The first-order valence-electron chi connectivity index (χ1n) is 10.9. The number of nitrogens with zero attached hydrogens (tertiary/aromatic N) is 3. The largest absolute Gasteiger partial charge is 0.491 e. The summed E-state index contributed by atoms with van der Waals surface area (Å²) in [6, 6.07) is 13.5. The van der Waals surface area contributed by atoms with Crippen molar-refractivity contribution in [3.63, 3.8) is 0 Å². The Hall–Kier alpha value is -3.15. The van der Waals surface area contributed by atoms with Crippen LogP contribution in [0.25, 0.3) is 0 Å². The molecule has 0 amide bonds. The highest BCUT2D eigenvalue weighted by atomic mass is 35.5. The number of fused-ring (bicyclic) bond motifs is 1. The first-order chi connectivity index (χ1) is 16.3. The molecule has 0 radical (unpaired) electrons. The molecule has 4 rings (SSSR count). The molecule has 1 aromatic heterocycles. The van der Waals surface area contributed by atoms with E-state index < -0.39 is 9.84 Å². The number of rotatable bonds is 8. The Kier molecular flexibility index (Phi) is 7.05. The second-order valence-electron chi connectivity index (χ2n) is 8.18. The molecule has 34 heavy (non-hydrogen) atoms. The third-order valence-corrected chi connectivity index (χ3v) is 6.78. The summed E-state index contributed by atoms with van der Waals surface area (Å²) < 4.78 is 34.9. The van der Waals surface area contributed by atoms with Crippen molar-refractivity contribution >= 4 is 21.4 Å². The zero-order valence-electron chi connectivity index (χ0n) is 18.9. The van der Waals surface area contributed by atoms with Gasteiger partial charge in [-0.2, -0.15) is 5.26 Å². The van der Waals surface area contributed by atoms with Gasteiger partial charge in [0, 0.05) is 18.4 Å². The highest BCUT2D eigenvalue weighted by Gasteiger charge is 2.26. The monoisotopic (exact) mass is 497 g/mol. The fourth-order valence-electron chi connectivity index (χ4n) is 4.07. The van der Waals surface area contributed by atoms with Gasteiger partial charge in [-0.05, 0) is 66.3 Å². The van der Waals surface area contributed by atoms with Gasteiger partial charge in [0.2, 0.25) is 15.0 Å². The Balaban J connectivity index is 1.52. The molecule has 1 aliphatic carbocycles. The maximum absolute atomic E-state index is 11.7. The lowest BCUT2D eigenvalue weighted by Crippen LogP contribution is -2.07. The molecular weight excluding hydrogens is 474 g/mol. The number of nitriles is 1. The predicted octanol–water partition coefficient (Wildman–Crippen LogP) is 4.85. The molecule has 0 saturated heterocycles. The summed E-state index contributed by atoms with van der Waals surface area (Å²) in [5, 5.41) is 9.85. The Labute approximate surface area is 204 Å². The molecule has 1 unspecified atom stereocenters. The summed E-state index contributed by atoms with van der Waals surface area (Å²) in [4.78, 5) is 7.86. The predicted molar refractivity (Wildman–Crippen MR) is 128 cm³/mol. The average molecular weight is 498 g/mol. The van der Waals surface area contributed by atoms with Crippen molar-refractivity contribution < 1.29 is 17.9 Å². The van der Waals surface area contributed by atoms with E-state index in [4.69, 9.17) is 21.1 Å². The van der Waals surface area contributed by atoms with Gasteiger partial charge in [-0.25, -0.2) is 18.4 Å². The molecule has 1 atom stereocenters. The summed E-state index contributed by atoms with van der Waals surface area (Å²) in [6.07, 6.45) is 5.09. The van der Waals surface area contributed by atoms with Gasteiger partial charge < -0.3 is 9.47 Å². The SMILES string of the molecule is CCCOc1c(Cl)cc(C2CCc3cc(OCc4ccnc(S(C)(=O)=O)n4)ccc32)cc1C#N. The summed E-state index contributed by atoms with van der Waals surface area (Å²) in [7, 11) is -3.48. The van der Waals surface area contributed by atoms with Crippen LogP contribution in [-0.4, -0.2) is 31.2 Å². The van der Waals surface area contributed by atoms with Gasteiger partial charge >= 0.3 is 0 Å². The van der Waals surface area contributed by atoms with Crippen LogP contribution in [0.4, 0.5) is 0 Å². The van der Waals surface area contributed by atoms with E-state index in [9.17, 15) is 13.7 Å². The fourth-order valence-corrected chi connectivity index (χ4v) is 4.89. The highest BCUT2D eigenvalue weighted by Crippen LogP contribution is 2.42. The molecule has 0 saturated carbocycles. The molecule has 0 aliphatic heterocycles. The Morgan fingerprint density at radius 2 is 2.03 bits per heavy atom. The molecule has 1 heterocycles. The van der Waals surface area contributed by atoms with E-state index in [0.717, 1.165) is 31.1 Å². The number of hydrogen-bond donors (Lipinski definition) is 0. The van der Waals surface area contributed by atoms with Gasteiger partial charge in [0.1, 0.15) is 18.4 Å². The van der Waals surface area contributed by atoms with Gasteiger partial charge in [0.15, 0.2) is 5.75 Å². The first-order valence-corrected chi connectivity index (χ1v) is 13.2. The molecule has 9 heteroatoms. The van der Waals surface area contributed by atoms with Crippen molar-refractivity contribution in [1.82, 2.24) is 9.97 Å². The third kappa shape index (κ3) is 5.16. The Bertz CT molecular complexity index is 1370. The maximum Gasteiger partial charge on any atom is 0.247 e. The number of hydrogen-bond acceptors (Lipinski definition) is 7. The Morgan fingerprint density at radius 3 is 2.76 bits per heavy atom. The normalized spacial score (nSPS) is 14.9. The molecule has 3 aromatic rings. The molecule has 1 aliphatic rings. The van der Waals surface area contributed by atoms with Crippen LogP contribution in [0, 0.1) is 11.3 Å². The molecule has 0 N–H and O–H groups in total. The number of aromatic nitrogens is 2. The summed E-state index contributed by atoms with van der Waals surface area (Å²) in [5.41, 5.74) is 4.27. The van der Waals surface area contributed by atoms with Crippen molar-refractivity contribution in [1.29, 1.82) is 5.26 Å². The van der Waals surface area contributed by atoms with E-state index in [0.29, 0.717) is 34.4 Å². The lowest BCUT2D eigenvalue weighted by atomic mass is 9.91. The first kappa shape index (κ1) is 24.0. The van der Waals surface area contributed by atoms with E-state index in [1.807, 2.05) is 37.3 Å². The van der Waals surface area contributed by atoms with Crippen LogP contribution < -0.4 is 9.47 Å². The topological polar surface area (TPSA) is 102 Å². The van der Waals surface area contributed by atoms with Crippen LogP contribution >= 0.6 is 11.6 Å². The zero-order valence-corrected chi connectivity index (χ0v) is 20.5. The van der Waals surface area contributed by atoms with Crippen LogP contribution in [0.2, 0.25) is 5.02 Å². The standard InChI is InChI=1S/C25H24ClN3O4S/c1-3-10-32-24-18(14-27)11-17(13-23(24)26)22-6-4-16-12-20(5-7-21(16)22)33-15-19-8-9-28-25(29-19)34(2,30)31/h5,7-9,11-13,22H,3-4,6,10,15H2,1-2H3. The summed E-state index contributed by atoms with van der Waals surface area (Å²) >= 11 is 6.47. The van der Waals surface area contributed by atoms with Crippen molar-refractivity contribution in [2.75, 3.05) is 12.9 Å². The second-order valence-corrected chi connectivity index (χ2v) is 10.5.